The molecule has 0 aromatic heterocycles. The van der Waals surface area contributed by atoms with Crippen LogP contribution in [0.2, 0.25) is 0 Å². The van der Waals surface area contributed by atoms with Crippen molar-refractivity contribution < 1.29 is 4.79 Å². The first-order valence-corrected chi connectivity index (χ1v) is 7.52. The van der Waals surface area contributed by atoms with E-state index in [1.54, 1.807) is 0 Å². The number of hydrogen-bond acceptors (Lipinski definition) is 3. The zero-order chi connectivity index (χ0) is 14.4. The van der Waals surface area contributed by atoms with Gasteiger partial charge in [-0.05, 0) is 43.5 Å². The summed E-state index contributed by atoms with van der Waals surface area (Å²) >= 11 is 0. The van der Waals surface area contributed by atoms with Gasteiger partial charge in [-0.3, -0.25) is 9.69 Å². The topological polar surface area (TPSA) is 58.4 Å². The van der Waals surface area contributed by atoms with Gasteiger partial charge in [-0.1, -0.05) is 31.2 Å². The molecule has 1 aromatic carbocycles. The second-order valence-electron chi connectivity index (χ2n) is 5.54. The smallest absolute Gasteiger partial charge is 0.237 e. The van der Waals surface area contributed by atoms with E-state index in [0.717, 1.165) is 12.1 Å². The van der Waals surface area contributed by atoms with Crippen LogP contribution in [0.1, 0.15) is 37.3 Å². The maximum atomic E-state index is 11.7. The van der Waals surface area contributed by atoms with E-state index in [0.29, 0.717) is 13.0 Å². The van der Waals surface area contributed by atoms with E-state index >= 15 is 0 Å². The fourth-order valence-corrected chi connectivity index (χ4v) is 2.54. The van der Waals surface area contributed by atoms with Gasteiger partial charge in [0.15, 0.2) is 0 Å². The molecule has 3 N–H and O–H groups in total. The number of halogens is 2. The predicted molar refractivity (Wildman–Crippen MR) is 95.6 cm³/mol. The molecule has 0 unspecified atom stereocenters. The summed E-state index contributed by atoms with van der Waals surface area (Å²) in [6, 6.07) is 8.04. The number of carbonyl (C=O) groups is 1. The van der Waals surface area contributed by atoms with E-state index in [-0.39, 0.29) is 30.7 Å². The summed E-state index contributed by atoms with van der Waals surface area (Å²) in [4.78, 5) is 14.1. The summed E-state index contributed by atoms with van der Waals surface area (Å²) in [5.74, 6) is -0.0718. The van der Waals surface area contributed by atoms with Crippen molar-refractivity contribution in [1.82, 2.24) is 10.2 Å². The predicted octanol–water partition coefficient (Wildman–Crippen LogP) is 2.48. The van der Waals surface area contributed by atoms with Gasteiger partial charge in [0.05, 0.1) is 6.04 Å². The molecule has 1 aliphatic rings. The minimum absolute atomic E-state index is 0. The van der Waals surface area contributed by atoms with Gasteiger partial charge in [0.2, 0.25) is 5.91 Å². The highest BCUT2D eigenvalue weighted by Crippen LogP contribution is 2.13. The molecule has 0 radical (unpaired) electrons. The third-order valence-electron chi connectivity index (χ3n) is 3.84. The first-order valence-electron chi connectivity index (χ1n) is 7.52. The van der Waals surface area contributed by atoms with Crippen LogP contribution in [0.5, 0.6) is 0 Å². The third-order valence-corrected chi connectivity index (χ3v) is 3.84. The fraction of sp³-hybridized carbons (Fsp3) is 0.562. The lowest BCUT2D eigenvalue weighted by Gasteiger charge is -2.15. The molecule has 0 saturated carbocycles. The van der Waals surface area contributed by atoms with Gasteiger partial charge in [-0.25, -0.2) is 0 Å². The third kappa shape index (κ3) is 6.53. The maximum Gasteiger partial charge on any atom is 0.237 e. The van der Waals surface area contributed by atoms with Crippen molar-refractivity contribution in [1.29, 1.82) is 0 Å². The average molecular weight is 348 g/mol. The first kappa shape index (κ1) is 21.2. The highest BCUT2D eigenvalue weighted by molar-refractivity contribution is 5.85. The van der Waals surface area contributed by atoms with E-state index < -0.39 is 6.04 Å². The maximum absolute atomic E-state index is 11.7. The largest absolute Gasteiger partial charge is 0.351 e. The number of amides is 1. The van der Waals surface area contributed by atoms with Gasteiger partial charge >= 0.3 is 0 Å². The van der Waals surface area contributed by atoms with Crippen molar-refractivity contribution in [2.24, 2.45) is 5.73 Å². The molecule has 0 bridgehead atoms. The number of nitrogens with two attached hydrogens (primary N) is 1. The number of nitrogens with one attached hydrogen (secondary N) is 1. The molecular weight excluding hydrogens is 321 g/mol. The Morgan fingerprint density at radius 2 is 1.91 bits per heavy atom. The molecule has 1 heterocycles. The number of carbonyl (C=O) groups excluding carboxylic acids is 1. The second-order valence-corrected chi connectivity index (χ2v) is 5.54. The number of nitrogens with zero attached hydrogens (tertiary/aromatic N) is 1. The van der Waals surface area contributed by atoms with Crippen molar-refractivity contribution in [3.8, 4) is 0 Å². The molecule has 1 saturated heterocycles. The molecule has 126 valence electrons. The Bertz CT molecular complexity index is 451. The fourth-order valence-electron chi connectivity index (χ4n) is 2.54. The zero-order valence-corrected chi connectivity index (χ0v) is 14.7. The minimum atomic E-state index is -0.400. The van der Waals surface area contributed by atoms with Gasteiger partial charge < -0.3 is 11.1 Å². The number of rotatable bonds is 6. The molecule has 1 aliphatic heterocycles. The molecule has 22 heavy (non-hydrogen) atoms. The van der Waals surface area contributed by atoms with E-state index in [1.165, 1.54) is 31.5 Å². The molecule has 0 aliphatic carbocycles. The van der Waals surface area contributed by atoms with E-state index in [1.807, 2.05) is 13.0 Å². The van der Waals surface area contributed by atoms with Gasteiger partial charge in [-0.2, -0.15) is 0 Å². The van der Waals surface area contributed by atoms with Crippen molar-refractivity contribution in [3.63, 3.8) is 0 Å². The van der Waals surface area contributed by atoms with Crippen LogP contribution in [0.4, 0.5) is 0 Å². The monoisotopic (exact) mass is 347 g/mol. The Labute approximate surface area is 145 Å². The van der Waals surface area contributed by atoms with Gasteiger partial charge in [0.25, 0.3) is 0 Å². The quantitative estimate of drug-likeness (QED) is 0.830. The van der Waals surface area contributed by atoms with E-state index in [4.69, 9.17) is 5.73 Å². The summed E-state index contributed by atoms with van der Waals surface area (Å²) in [7, 11) is 0. The number of hydrogen-bond donors (Lipinski definition) is 2. The summed E-state index contributed by atoms with van der Waals surface area (Å²) in [5, 5.41) is 2.89. The Balaban J connectivity index is 0.00000220. The molecule has 1 amide bonds. The molecule has 1 atom stereocenters. The average Bonchev–Trinajstić information content (AvgIpc) is 2.97. The molecular formula is C16H27Cl2N3O. The van der Waals surface area contributed by atoms with Crippen LogP contribution in [0.15, 0.2) is 24.3 Å². The molecule has 0 spiro atoms. The van der Waals surface area contributed by atoms with Crippen molar-refractivity contribution in [2.45, 2.75) is 45.3 Å². The van der Waals surface area contributed by atoms with Crippen LogP contribution in [-0.4, -0.2) is 29.9 Å². The molecule has 4 nitrogen and oxygen atoms in total. The molecule has 1 fully saturated rings. The zero-order valence-electron chi connectivity index (χ0n) is 13.1. The normalized spacial score (nSPS) is 15.5. The van der Waals surface area contributed by atoms with Gasteiger partial charge in [-0.15, -0.1) is 24.8 Å². The lowest BCUT2D eigenvalue weighted by Crippen LogP contribution is -2.39. The lowest BCUT2D eigenvalue weighted by atomic mass is 10.1. The van der Waals surface area contributed by atoms with Crippen LogP contribution >= 0.6 is 24.8 Å². The van der Waals surface area contributed by atoms with E-state index in [9.17, 15) is 4.79 Å². The highest BCUT2D eigenvalue weighted by Gasteiger charge is 2.12. The first-order chi connectivity index (χ1) is 9.69. The lowest BCUT2D eigenvalue weighted by molar-refractivity contribution is -0.122. The number of likely N-dealkylation sites (tertiary alicyclic amines) is 1. The molecule has 1 aromatic rings. The van der Waals surface area contributed by atoms with Gasteiger partial charge in [0, 0.05) is 13.1 Å². The Morgan fingerprint density at radius 3 is 2.55 bits per heavy atom. The van der Waals surface area contributed by atoms with E-state index in [2.05, 4.69) is 28.4 Å². The van der Waals surface area contributed by atoms with Crippen LogP contribution in [-0.2, 0) is 17.9 Å². The minimum Gasteiger partial charge on any atom is -0.351 e. The van der Waals surface area contributed by atoms with Crippen LogP contribution in [0.3, 0.4) is 0 Å². The van der Waals surface area contributed by atoms with Crippen LogP contribution in [0, 0.1) is 0 Å². The Morgan fingerprint density at radius 1 is 1.27 bits per heavy atom. The molecule has 6 heteroatoms. The van der Waals surface area contributed by atoms with Crippen molar-refractivity contribution >= 4 is 30.7 Å². The highest BCUT2D eigenvalue weighted by atomic mass is 35.5. The summed E-state index contributed by atoms with van der Waals surface area (Å²) in [5.41, 5.74) is 8.16. The Hall–Kier alpha value is -0.810. The SMILES string of the molecule is CC[C@H](N)C(=O)NCc1cccc(CN2CCCC2)c1.Cl.Cl. The van der Waals surface area contributed by atoms with Gasteiger partial charge in [0.1, 0.15) is 0 Å². The number of benzene rings is 1. The second kappa shape index (κ2) is 10.8. The van der Waals surface area contributed by atoms with Crippen molar-refractivity contribution in [2.75, 3.05) is 13.1 Å². The van der Waals surface area contributed by atoms with Crippen LogP contribution < -0.4 is 11.1 Å². The molecule has 2 rings (SSSR count). The summed E-state index contributed by atoms with van der Waals surface area (Å²) in [6.07, 6.45) is 3.29. The van der Waals surface area contributed by atoms with Crippen LogP contribution in [0.25, 0.3) is 0 Å². The standard InChI is InChI=1S/C16H25N3O.2ClH/c1-2-15(17)16(20)18-11-13-6-5-7-14(10-13)12-19-8-3-4-9-19;;/h5-7,10,15H,2-4,8-9,11-12,17H2,1H3,(H,18,20);2*1H/t15-;;/m0../s1. The van der Waals surface area contributed by atoms with Crippen molar-refractivity contribution in [3.05, 3.63) is 35.4 Å². The Kier molecular flexibility index (Phi) is 10.4. The summed E-state index contributed by atoms with van der Waals surface area (Å²) in [6.45, 7) is 5.89. The summed E-state index contributed by atoms with van der Waals surface area (Å²) < 4.78 is 0.